The molecule has 0 bridgehead atoms. The average Bonchev–Trinajstić information content (AvgIpc) is 2.57. The molecule has 1 heterocycles. The molecule has 1 fully saturated rings. The van der Waals surface area contributed by atoms with E-state index in [4.69, 9.17) is 0 Å². The normalized spacial score (nSPS) is 24.1. The molecule has 2 atom stereocenters. The van der Waals surface area contributed by atoms with Crippen LogP contribution in [0.3, 0.4) is 0 Å². The summed E-state index contributed by atoms with van der Waals surface area (Å²) in [6.07, 6.45) is -1.85. The van der Waals surface area contributed by atoms with Gasteiger partial charge in [-0.15, -0.1) is 0 Å². The molecule has 0 saturated carbocycles. The predicted octanol–water partition coefficient (Wildman–Crippen LogP) is 0.312. The molecule has 1 aromatic rings. The van der Waals surface area contributed by atoms with Gasteiger partial charge in [0.1, 0.15) is 5.82 Å². The zero-order chi connectivity index (χ0) is 12.6. The van der Waals surface area contributed by atoms with Crippen molar-refractivity contribution in [3.63, 3.8) is 0 Å². The highest BCUT2D eigenvalue weighted by atomic mass is 19.1. The van der Waals surface area contributed by atoms with E-state index in [1.165, 1.54) is 11.0 Å². The van der Waals surface area contributed by atoms with Crippen molar-refractivity contribution in [3.8, 4) is 0 Å². The number of hydrogen-bond donors (Lipinski definition) is 2. The third kappa shape index (κ3) is 2.45. The van der Waals surface area contributed by atoms with Gasteiger partial charge in [0.05, 0.1) is 12.2 Å². The smallest absolute Gasteiger partial charge is 0.254 e. The van der Waals surface area contributed by atoms with E-state index in [1.807, 2.05) is 0 Å². The highest BCUT2D eigenvalue weighted by Gasteiger charge is 2.33. The number of β-amino-alcohol motifs (C(OH)–C–C–N with tert-alkyl or cyclic N) is 2. The van der Waals surface area contributed by atoms with Crippen molar-refractivity contribution in [1.29, 1.82) is 0 Å². The standard InChI is InChI=1S/C12H14FNO3/c1-7-2-8(4-9(13)3-7)12(17)14-5-10(15)11(16)6-14/h2-4,10-11,15-16H,5-6H2,1H3. The summed E-state index contributed by atoms with van der Waals surface area (Å²) in [6, 6.07) is 4.08. The first-order chi connectivity index (χ1) is 7.97. The van der Waals surface area contributed by atoms with Crippen LogP contribution in [0.1, 0.15) is 15.9 Å². The number of likely N-dealkylation sites (tertiary alicyclic amines) is 1. The molecule has 92 valence electrons. The van der Waals surface area contributed by atoms with E-state index in [0.717, 1.165) is 6.07 Å². The lowest BCUT2D eigenvalue weighted by molar-refractivity contribution is 0.0572. The van der Waals surface area contributed by atoms with Crippen LogP contribution in [0, 0.1) is 12.7 Å². The summed E-state index contributed by atoms with van der Waals surface area (Å²) in [5.41, 5.74) is 0.900. The summed E-state index contributed by atoms with van der Waals surface area (Å²) in [6.45, 7) is 1.86. The average molecular weight is 239 g/mol. The number of hydrogen-bond acceptors (Lipinski definition) is 3. The molecule has 2 rings (SSSR count). The number of benzene rings is 1. The Labute approximate surface area is 98.3 Å². The van der Waals surface area contributed by atoms with Gasteiger partial charge in [0.2, 0.25) is 0 Å². The van der Waals surface area contributed by atoms with Gasteiger partial charge in [0.15, 0.2) is 0 Å². The van der Waals surface area contributed by atoms with Gasteiger partial charge in [-0.2, -0.15) is 0 Å². The van der Waals surface area contributed by atoms with Crippen LogP contribution in [-0.2, 0) is 0 Å². The first-order valence-corrected chi connectivity index (χ1v) is 5.40. The van der Waals surface area contributed by atoms with Crippen LogP contribution in [0.2, 0.25) is 0 Å². The number of aliphatic hydroxyl groups is 2. The SMILES string of the molecule is Cc1cc(F)cc(C(=O)N2CC(O)C(O)C2)c1. The van der Waals surface area contributed by atoms with E-state index in [0.29, 0.717) is 5.56 Å². The Hall–Kier alpha value is -1.46. The minimum atomic E-state index is -0.923. The topological polar surface area (TPSA) is 60.8 Å². The summed E-state index contributed by atoms with van der Waals surface area (Å²) in [5.74, 6) is -0.836. The Balaban J connectivity index is 2.20. The summed E-state index contributed by atoms with van der Waals surface area (Å²) in [5, 5.41) is 18.7. The van der Waals surface area contributed by atoms with Crippen LogP contribution in [0.25, 0.3) is 0 Å². The zero-order valence-corrected chi connectivity index (χ0v) is 9.43. The highest BCUT2D eigenvalue weighted by molar-refractivity contribution is 5.94. The predicted molar refractivity (Wildman–Crippen MR) is 59.1 cm³/mol. The third-order valence-corrected chi connectivity index (χ3v) is 2.84. The Morgan fingerprint density at radius 2 is 1.88 bits per heavy atom. The molecular formula is C12H14FNO3. The molecule has 1 aromatic carbocycles. The van der Waals surface area contributed by atoms with Crippen LogP contribution in [-0.4, -0.2) is 46.3 Å². The second kappa shape index (κ2) is 4.43. The molecule has 0 spiro atoms. The number of aryl methyl sites for hydroxylation is 1. The molecule has 0 aromatic heterocycles. The second-order valence-corrected chi connectivity index (χ2v) is 4.36. The number of amides is 1. The third-order valence-electron chi connectivity index (χ3n) is 2.84. The minimum Gasteiger partial charge on any atom is -0.388 e. The molecule has 1 amide bonds. The zero-order valence-electron chi connectivity index (χ0n) is 9.43. The van der Waals surface area contributed by atoms with Gasteiger partial charge in [-0.05, 0) is 30.7 Å². The molecule has 5 heteroatoms. The maximum Gasteiger partial charge on any atom is 0.254 e. The van der Waals surface area contributed by atoms with Crippen LogP contribution >= 0.6 is 0 Å². The van der Waals surface area contributed by atoms with Crippen LogP contribution in [0.5, 0.6) is 0 Å². The van der Waals surface area contributed by atoms with Crippen LogP contribution in [0.15, 0.2) is 18.2 Å². The molecule has 4 nitrogen and oxygen atoms in total. The fourth-order valence-electron chi connectivity index (χ4n) is 1.98. The van der Waals surface area contributed by atoms with Crippen molar-refractivity contribution in [2.45, 2.75) is 19.1 Å². The Morgan fingerprint density at radius 1 is 1.29 bits per heavy atom. The maximum atomic E-state index is 13.2. The van der Waals surface area contributed by atoms with Gasteiger partial charge in [-0.25, -0.2) is 4.39 Å². The van der Waals surface area contributed by atoms with Crippen molar-refractivity contribution in [1.82, 2.24) is 4.90 Å². The summed E-state index contributed by atoms with van der Waals surface area (Å²) >= 11 is 0. The van der Waals surface area contributed by atoms with E-state index in [9.17, 15) is 19.4 Å². The van der Waals surface area contributed by atoms with Crippen molar-refractivity contribution in [2.75, 3.05) is 13.1 Å². The number of carbonyl (C=O) groups excluding carboxylic acids is 1. The first kappa shape index (κ1) is 12.0. The van der Waals surface area contributed by atoms with Gasteiger partial charge in [-0.1, -0.05) is 0 Å². The monoisotopic (exact) mass is 239 g/mol. The van der Waals surface area contributed by atoms with E-state index in [-0.39, 0.29) is 24.6 Å². The number of carbonyl (C=O) groups is 1. The molecule has 1 aliphatic heterocycles. The second-order valence-electron chi connectivity index (χ2n) is 4.36. The number of rotatable bonds is 1. The molecule has 0 radical (unpaired) electrons. The fraction of sp³-hybridized carbons (Fsp3) is 0.417. The summed E-state index contributed by atoms with van der Waals surface area (Å²) in [4.78, 5) is 13.3. The fourth-order valence-corrected chi connectivity index (χ4v) is 1.98. The van der Waals surface area contributed by atoms with Gasteiger partial charge >= 0.3 is 0 Å². The molecule has 2 N–H and O–H groups in total. The lowest BCUT2D eigenvalue weighted by Crippen LogP contribution is -2.29. The van der Waals surface area contributed by atoms with Gasteiger partial charge < -0.3 is 15.1 Å². The van der Waals surface area contributed by atoms with Gasteiger partial charge in [0, 0.05) is 18.7 Å². The lowest BCUT2D eigenvalue weighted by Gasteiger charge is -2.15. The van der Waals surface area contributed by atoms with Gasteiger partial charge in [0.25, 0.3) is 5.91 Å². The first-order valence-electron chi connectivity index (χ1n) is 5.40. The summed E-state index contributed by atoms with van der Waals surface area (Å²) < 4.78 is 13.2. The quantitative estimate of drug-likeness (QED) is 0.741. The van der Waals surface area contributed by atoms with Crippen molar-refractivity contribution in [3.05, 3.63) is 35.1 Å². The molecule has 0 aliphatic carbocycles. The molecule has 1 aliphatic rings. The maximum absolute atomic E-state index is 13.2. The Bertz CT molecular complexity index is 419. The van der Waals surface area contributed by atoms with Crippen molar-refractivity contribution >= 4 is 5.91 Å². The van der Waals surface area contributed by atoms with E-state index in [1.54, 1.807) is 13.0 Å². The Kier molecular flexibility index (Phi) is 3.13. The molecule has 1 saturated heterocycles. The number of nitrogens with zero attached hydrogens (tertiary/aromatic N) is 1. The van der Waals surface area contributed by atoms with Crippen molar-refractivity contribution in [2.24, 2.45) is 0 Å². The molecular weight excluding hydrogens is 225 g/mol. The highest BCUT2D eigenvalue weighted by Crippen LogP contribution is 2.16. The summed E-state index contributed by atoms with van der Waals surface area (Å²) in [7, 11) is 0. The lowest BCUT2D eigenvalue weighted by atomic mass is 10.1. The van der Waals surface area contributed by atoms with E-state index >= 15 is 0 Å². The van der Waals surface area contributed by atoms with E-state index < -0.39 is 18.0 Å². The number of halogens is 1. The molecule has 17 heavy (non-hydrogen) atoms. The van der Waals surface area contributed by atoms with E-state index in [2.05, 4.69) is 0 Å². The minimum absolute atomic E-state index is 0.0789. The van der Waals surface area contributed by atoms with Crippen LogP contribution < -0.4 is 0 Å². The molecule has 2 unspecified atom stereocenters. The largest absolute Gasteiger partial charge is 0.388 e. The van der Waals surface area contributed by atoms with Crippen LogP contribution in [0.4, 0.5) is 4.39 Å². The van der Waals surface area contributed by atoms with Gasteiger partial charge in [-0.3, -0.25) is 4.79 Å². The number of aliphatic hydroxyl groups excluding tert-OH is 2. The van der Waals surface area contributed by atoms with Crippen molar-refractivity contribution < 1.29 is 19.4 Å². The Morgan fingerprint density at radius 3 is 2.41 bits per heavy atom.